The molecule has 100 valence electrons. The first-order valence-corrected chi connectivity index (χ1v) is 6.07. The maximum absolute atomic E-state index is 11.7. The zero-order valence-electron chi connectivity index (χ0n) is 10.4. The van der Waals surface area contributed by atoms with Gasteiger partial charge in [-0.25, -0.2) is 0 Å². The molecule has 0 radical (unpaired) electrons. The normalized spacial score (nSPS) is 22.3. The molecule has 0 spiro atoms. The minimum Gasteiger partial charge on any atom is -0.434 e. The van der Waals surface area contributed by atoms with E-state index >= 15 is 0 Å². The van der Waals surface area contributed by atoms with Crippen LogP contribution in [-0.4, -0.2) is 16.9 Å². The van der Waals surface area contributed by atoms with Crippen molar-refractivity contribution in [1.29, 1.82) is 0 Å². The van der Waals surface area contributed by atoms with Gasteiger partial charge in [0.25, 0.3) is 0 Å². The molecule has 19 heavy (non-hydrogen) atoms. The summed E-state index contributed by atoms with van der Waals surface area (Å²) < 4.78 is 5.22. The Kier molecular flexibility index (Phi) is 3.57. The van der Waals surface area contributed by atoms with E-state index in [0.29, 0.717) is 21.9 Å². The van der Waals surface area contributed by atoms with Gasteiger partial charge < -0.3 is 4.74 Å². The van der Waals surface area contributed by atoms with E-state index in [2.05, 4.69) is 0 Å². The fourth-order valence-corrected chi connectivity index (χ4v) is 2.43. The molecule has 5 nitrogen and oxygen atoms in total. The summed E-state index contributed by atoms with van der Waals surface area (Å²) in [4.78, 5) is 22.3. The van der Waals surface area contributed by atoms with Gasteiger partial charge in [0.2, 0.25) is 0 Å². The molecular formula is C13H12ClNO4. The third-order valence-electron chi connectivity index (χ3n) is 3.09. The van der Waals surface area contributed by atoms with Crippen LogP contribution >= 0.6 is 11.6 Å². The van der Waals surface area contributed by atoms with Crippen LogP contribution in [0.25, 0.3) is 0 Å². The van der Waals surface area contributed by atoms with Crippen molar-refractivity contribution in [3.8, 4) is 0 Å². The van der Waals surface area contributed by atoms with Gasteiger partial charge in [0.1, 0.15) is 11.7 Å². The number of halogens is 1. The lowest BCUT2D eigenvalue weighted by molar-refractivity contribution is -0.570. The fraction of sp³-hybridized carbons (Fsp3) is 0.308. The number of rotatable bonds is 3. The molecular weight excluding hydrogens is 270 g/mol. The van der Waals surface area contributed by atoms with Gasteiger partial charge in [0.15, 0.2) is 5.78 Å². The molecule has 1 aromatic carbocycles. The summed E-state index contributed by atoms with van der Waals surface area (Å²) in [6.45, 7) is 2.95. The molecule has 0 bridgehead atoms. The van der Waals surface area contributed by atoms with Gasteiger partial charge >= 0.3 is 6.23 Å². The van der Waals surface area contributed by atoms with Crippen molar-refractivity contribution in [3.05, 3.63) is 56.3 Å². The van der Waals surface area contributed by atoms with E-state index in [4.69, 9.17) is 16.3 Å². The lowest BCUT2D eigenvalue weighted by Gasteiger charge is -2.14. The largest absolute Gasteiger partial charge is 0.434 e. The van der Waals surface area contributed by atoms with Crippen molar-refractivity contribution in [1.82, 2.24) is 0 Å². The molecule has 0 N–H and O–H groups in total. The smallest absolute Gasteiger partial charge is 0.364 e. The number of allylic oxidation sites excluding steroid dienone is 1. The lowest BCUT2D eigenvalue weighted by Crippen LogP contribution is -2.27. The summed E-state index contributed by atoms with van der Waals surface area (Å²) in [7, 11) is 0. The van der Waals surface area contributed by atoms with E-state index in [0.717, 1.165) is 0 Å². The van der Waals surface area contributed by atoms with Gasteiger partial charge in [-0.1, -0.05) is 23.7 Å². The summed E-state index contributed by atoms with van der Waals surface area (Å²) in [5, 5.41) is 11.6. The number of carbonyl (C=O) groups excluding carboxylic acids is 1. The van der Waals surface area contributed by atoms with Crippen LogP contribution in [0.4, 0.5) is 0 Å². The van der Waals surface area contributed by atoms with Gasteiger partial charge in [-0.05, 0) is 31.5 Å². The van der Waals surface area contributed by atoms with E-state index in [1.807, 2.05) is 0 Å². The average molecular weight is 282 g/mol. The predicted octanol–water partition coefficient (Wildman–Crippen LogP) is 2.92. The summed E-state index contributed by atoms with van der Waals surface area (Å²) in [6, 6.07) is 6.63. The van der Waals surface area contributed by atoms with Gasteiger partial charge in [0.05, 0.1) is 10.5 Å². The molecule has 6 heteroatoms. The Morgan fingerprint density at radius 1 is 1.37 bits per heavy atom. The predicted molar refractivity (Wildman–Crippen MR) is 69.4 cm³/mol. The highest BCUT2D eigenvalue weighted by Gasteiger charge is 2.45. The van der Waals surface area contributed by atoms with E-state index in [1.54, 1.807) is 31.2 Å². The topological polar surface area (TPSA) is 69.4 Å². The molecule has 0 amide bonds. The van der Waals surface area contributed by atoms with Crippen LogP contribution in [0, 0.1) is 10.1 Å². The molecule has 1 aliphatic rings. The van der Waals surface area contributed by atoms with Gasteiger partial charge in [-0.3, -0.25) is 14.9 Å². The van der Waals surface area contributed by atoms with Crippen LogP contribution < -0.4 is 0 Å². The zero-order valence-corrected chi connectivity index (χ0v) is 11.2. The zero-order chi connectivity index (χ0) is 14.2. The summed E-state index contributed by atoms with van der Waals surface area (Å²) >= 11 is 5.80. The third-order valence-corrected chi connectivity index (χ3v) is 3.34. The summed E-state index contributed by atoms with van der Waals surface area (Å²) in [6.07, 6.45) is -1.26. The molecule has 0 unspecified atom stereocenters. The van der Waals surface area contributed by atoms with Crippen LogP contribution in [-0.2, 0) is 9.53 Å². The number of ketones is 1. The number of benzene rings is 1. The van der Waals surface area contributed by atoms with Crippen LogP contribution in [0.3, 0.4) is 0 Å². The highest BCUT2D eigenvalue weighted by Crippen LogP contribution is 2.39. The molecule has 1 aromatic rings. The Hall–Kier alpha value is -1.88. The molecule has 0 saturated heterocycles. The molecule has 0 aromatic heterocycles. The van der Waals surface area contributed by atoms with Gasteiger partial charge in [-0.15, -0.1) is 0 Å². The van der Waals surface area contributed by atoms with Crippen LogP contribution in [0.5, 0.6) is 0 Å². The second kappa shape index (κ2) is 5.01. The van der Waals surface area contributed by atoms with Crippen molar-refractivity contribution in [2.24, 2.45) is 0 Å². The van der Waals surface area contributed by atoms with Crippen molar-refractivity contribution in [3.63, 3.8) is 0 Å². The van der Waals surface area contributed by atoms with Crippen LogP contribution in [0.1, 0.15) is 25.3 Å². The lowest BCUT2D eigenvalue weighted by atomic mass is 9.88. The number of ether oxygens (including phenoxy) is 1. The first kappa shape index (κ1) is 13.5. The molecule has 0 saturated carbocycles. The van der Waals surface area contributed by atoms with E-state index in [1.165, 1.54) is 6.92 Å². The van der Waals surface area contributed by atoms with E-state index in [9.17, 15) is 14.9 Å². The standard InChI is InChI=1S/C13H12ClNO4/c1-7(16)11-8(2)19-13(15(17)18)12(11)9-3-5-10(14)6-4-9/h3-6,12-13H,1-2H3/t12-,13-/m1/s1. The highest BCUT2D eigenvalue weighted by molar-refractivity contribution is 6.30. The quantitative estimate of drug-likeness (QED) is 0.631. The maximum Gasteiger partial charge on any atom is 0.364 e. The van der Waals surface area contributed by atoms with Crippen LogP contribution in [0.15, 0.2) is 35.6 Å². The molecule has 1 aliphatic heterocycles. The number of nitrogens with zero attached hydrogens (tertiary/aromatic N) is 1. The van der Waals surface area contributed by atoms with E-state index in [-0.39, 0.29) is 5.78 Å². The highest BCUT2D eigenvalue weighted by atomic mass is 35.5. The summed E-state index contributed by atoms with van der Waals surface area (Å²) in [5.41, 5.74) is 0.997. The molecule has 0 fully saturated rings. The molecule has 2 rings (SSSR count). The van der Waals surface area contributed by atoms with Gasteiger partial charge in [-0.2, -0.15) is 0 Å². The molecule has 0 aliphatic carbocycles. The number of carbonyl (C=O) groups is 1. The van der Waals surface area contributed by atoms with Crippen molar-refractivity contribution in [2.75, 3.05) is 0 Å². The second-order valence-corrected chi connectivity index (χ2v) is 4.79. The maximum atomic E-state index is 11.7. The SMILES string of the molecule is CC(=O)C1=C(C)O[C@@H]([N+](=O)[O-])[C@@H]1c1ccc(Cl)cc1. The molecule has 1 heterocycles. The van der Waals surface area contributed by atoms with Crippen LogP contribution in [0.2, 0.25) is 5.02 Å². The number of hydrogen-bond donors (Lipinski definition) is 0. The minimum absolute atomic E-state index is 0.221. The van der Waals surface area contributed by atoms with Gasteiger partial charge in [0, 0.05) is 5.02 Å². The second-order valence-electron chi connectivity index (χ2n) is 4.35. The Morgan fingerprint density at radius 2 is 1.95 bits per heavy atom. The number of Topliss-reactive ketones (excluding diaryl/α,β-unsaturated/α-hetero) is 1. The van der Waals surface area contributed by atoms with Crippen molar-refractivity contribution < 1.29 is 14.5 Å². The first-order valence-electron chi connectivity index (χ1n) is 5.69. The Morgan fingerprint density at radius 3 is 2.42 bits per heavy atom. The first-order chi connectivity index (χ1) is 8.91. The van der Waals surface area contributed by atoms with E-state index < -0.39 is 17.1 Å². The Labute approximate surface area is 115 Å². The minimum atomic E-state index is -1.26. The monoisotopic (exact) mass is 281 g/mol. The Balaban J connectivity index is 2.50. The fourth-order valence-electron chi connectivity index (χ4n) is 2.31. The van der Waals surface area contributed by atoms with Crippen molar-refractivity contribution in [2.45, 2.75) is 26.0 Å². The number of nitro groups is 1. The van der Waals surface area contributed by atoms with Crippen molar-refractivity contribution >= 4 is 17.4 Å². The Bertz CT molecular complexity index is 565. The third kappa shape index (κ3) is 2.46. The summed E-state index contributed by atoms with van der Waals surface area (Å²) in [5.74, 6) is -0.597. The molecule has 2 atom stereocenters. The average Bonchev–Trinajstić information content (AvgIpc) is 2.68. The number of hydrogen-bond acceptors (Lipinski definition) is 4.